The molecule has 6 nitrogen and oxygen atoms in total. The summed E-state index contributed by atoms with van der Waals surface area (Å²) in [6, 6.07) is 16.6. The van der Waals surface area contributed by atoms with Crippen LogP contribution in [0.1, 0.15) is 10.4 Å². The Morgan fingerprint density at radius 1 is 0.966 bits per heavy atom. The molecule has 0 atom stereocenters. The highest BCUT2D eigenvalue weighted by molar-refractivity contribution is 6.33. The molecule has 2 aromatic carbocycles. The number of piperazine rings is 1. The number of pyridine rings is 1. The van der Waals surface area contributed by atoms with Crippen LogP contribution in [-0.2, 0) is 4.79 Å². The molecule has 1 fully saturated rings. The van der Waals surface area contributed by atoms with Crippen molar-refractivity contribution in [2.45, 2.75) is 0 Å². The van der Waals surface area contributed by atoms with E-state index in [-0.39, 0.29) is 18.4 Å². The van der Waals surface area contributed by atoms with Crippen LogP contribution in [0.4, 0.5) is 5.69 Å². The molecular weight excluding hydrogens is 388 g/mol. The van der Waals surface area contributed by atoms with Gasteiger partial charge < -0.3 is 10.2 Å². The van der Waals surface area contributed by atoms with Crippen molar-refractivity contribution < 1.29 is 9.59 Å². The summed E-state index contributed by atoms with van der Waals surface area (Å²) in [5.41, 5.74) is 2.09. The molecule has 0 saturated carbocycles. The third kappa shape index (κ3) is 4.39. The number of amides is 2. The zero-order valence-electron chi connectivity index (χ0n) is 15.8. The Kier molecular flexibility index (Phi) is 5.74. The molecule has 0 bridgehead atoms. The first-order valence-corrected chi connectivity index (χ1v) is 9.89. The van der Waals surface area contributed by atoms with E-state index in [2.05, 4.69) is 10.3 Å². The largest absolute Gasteiger partial charge is 0.336 e. The van der Waals surface area contributed by atoms with Gasteiger partial charge in [-0.15, -0.1) is 0 Å². The van der Waals surface area contributed by atoms with E-state index in [1.807, 2.05) is 46.2 Å². The van der Waals surface area contributed by atoms with Gasteiger partial charge in [-0.3, -0.25) is 19.5 Å². The summed E-state index contributed by atoms with van der Waals surface area (Å²) in [5.74, 6) is -0.109. The highest BCUT2D eigenvalue weighted by Gasteiger charge is 2.24. The number of nitrogens with one attached hydrogen (secondary N) is 1. The van der Waals surface area contributed by atoms with Crippen LogP contribution in [0.3, 0.4) is 0 Å². The fourth-order valence-corrected chi connectivity index (χ4v) is 3.70. The molecular formula is C22H21ClN4O2. The number of hydrogen-bond acceptors (Lipinski definition) is 4. The normalized spacial score (nSPS) is 14.7. The number of para-hydroxylation sites is 2. The number of nitrogens with zero attached hydrogens (tertiary/aromatic N) is 3. The third-order valence-electron chi connectivity index (χ3n) is 5.05. The van der Waals surface area contributed by atoms with Gasteiger partial charge in [-0.05, 0) is 24.3 Å². The highest BCUT2D eigenvalue weighted by Crippen LogP contribution is 2.21. The van der Waals surface area contributed by atoms with Gasteiger partial charge in [-0.2, -0.15) is 0 Å². The van der Waals surface area contributed by atoms with E-state index < -0.39 is 0 Å². The quantitative estimate of drug-likeness (QED) is 0.719. The molecule has 3 aromatic rings. The lowest BCUT2D eigenvalue weighted by Crippen LogP contribution is -2.50. The van der Waals surface area contributed by atoms with Gasteiger partial charge in [0, 0.05) is 37.8 Å². The third-order valence-corrected chi connectivity index (χ3v) is 5.38. The van der Waals surface area contributed by atoms with Gasteiger partial charge in [0.2, 0.25) is 5.91 Å². The van der Waals surface area contributed by atoms with E-state index in [4.69, 9.17) is 11.6 Å². The first-order chi connectivity index (χ1) is 14.1. The molecule has 1 saturated heterocycles. The second kappa shape index (κ2) is 8.59. The van der Waals surface area contributed by atoms with Gasteiger partial charge in [0.15, 0.2) is 0 Å². The van der Waals surface area contributed by atoms with Gasteiger partial charge in [0.25, 0.3) is 5.91 Å². The van der Waals surface area contributed by atoms with Crippen LogP contribution in [0.25, 0.3) is 10.9 Å². The van der Waals surface area contributed by atoms with Crippen molar-refractivity contribution in [1.29, 1.82) is 0 Å². The van der Waals surface area contributed by atoms with Crippen LogP contribution in [0, 0.1) is 0 Å². The lowest BCUT2D eigenvalue weighted by Gasteiger charge is -2.34. The number of fused-ring (bicyclic) bond motifs is 1. The minimum Gasteiger partial charge on any atom is -0.336 e. The summed E-state index contributed by atoms with van der Waals surface area (Å²) in [7, 11) is 0. The number of aromatic nitrogens is 1. The van der Waals surface area contributed by atoms with Crippen LogP contribution in [0.5, 0.6) is 0 Å². The minimum atomic E-state index is -0.113. The monoisotopic (exact) mass is 408 g/mol. The van der Waals surface area contributed by atoms with Crippen molar-refractivity contribution in [1.82, 2.24) is 14.8 Å². The van der Waals surface area contributed by atoms with Gasteiger partial charge in [0.1, 0.15) is 0 Å². The molecule has 1 aromatic heterocycles. The first-order valence-electron chi connectivity index (χ1n) is 9.51. The number of rotatable bonds is 4. The van der Waals surface area contributed by atoms with E-state index in [0.717, 1.165) is 10.9 Å². The average molecular weight is 409 g/mol. The summed E-state index contributed by atoms with van der Waals surface area (Å²) >= 11 is 6.09. The molecule has 4 rings (SSSR count). The fraction of sp³-hybridized carbons (Fsp3) is 0.227. The summed E-state index contributed by atoms with van der Waals surface area (Å²) in [5, 5.41) is 4.21. The highest BCUT2D eigenvalue weighted by atomic mass is 35.5. The smallest absolute Gasteiger partial charge is 0.254 e. The average Bonchev–Trinajstić information content (AvgIpc) is 2.75. The Hall–Kier alpha value is -2.96. The van der Waals surface area contributed by atoms with E-state index in [0.29, 0.717) is 42.5 Å². The maximum Gasteiger partial charge on any atom is 0.254 e. The maximum atomic E-state index is 13.0. The van der Waals surface area contributed by atoms with Crippen LogP contribution >= 0.6 is 11.6 Å². The van der Waals surface area contributed by atoms with Crippen molar-refractivity contribution in [3.8, 4) is 0 Å². The molecule has 1 N–H and O–H groups in total. The van der Waals surface area contributed by atoms with Crippen LogP contribution in [0.2, 0.25) is 5.02 Å². The number of carbonyl (C=O) groups excluding carboxylic acids is 2. The second-order valence-electron chi connectivity index (χ2n) is 6.97. The van der Waals surface area contributed by atoms with Crippen molar-refractivity contribution in [3.05, 3.63) is 71.4 Å². The van der Waals surface area contributed by atoms with Crippen molar-refractivity contribution in [3.63, 3.8) is 0 Å². The number of benzene rings is 2. The maximum absolute atomic E-state index is 13.0. The van der Waals surface area contributed by atoms with E-state index >= 15 is 0 Å². The van der Waals surface area contributed by atoms with Gasteiger partial charge in [0.05, 0.1) is 28.3 Å². The fourth-order valence-electron chi connectivity index (χ4n) is 3.52. The lowest BCUT2D eigenvalue weighted by atomic mass is 10.1. The Balaban J connectivity index is 1.35. The molecule has 7 heteroatoms. The lowest BCUT2D eigenvalue weighted by molar-refractivity contribution is -0.117. The van der Waals surface area contributed by atoms with Crippen molar-refractivity contribution in [2.24, 2.45) is 0 Å². The Labute approximate surface area is 174 Å². The Morgan fingerprint density at radius 2 is 1.69 bits per heavy atom. The molecule has 0 aliphatic carbocycles. The summed E-state index contributed by atoms with van der Waals surface area (Å²) in [4.78, 5) is 33.5. The van der Waals surface area contributed by atoms with E-state index in [1.165, 1.54) is 0 Å². The number of hydrogen-bond donors (Lipinski definition) is 1. The van der Waals surface area contributed by atoms with Crippen molar-refractivity contribution in [2.75, 3.05) is 38.0 Å². The van der Waals surface area contributed by atoms with Crippen LogP contribution < -0.4 is 5.32 Å². The second-order valence-corrected chi connectivity index (χ2v) is 7.38. The molecule has 29 heavy (non-hydrogen) atoms. The number of anilines is 1. The van der Waals surface area contributed by atoms with Crippen LogP contribution in [0.15, 0.2) is 60.8 Å². The Bertz CT molecular complexity index is 1040. The Morgan fingerprint density at radius 3 is 2.48 bits per heavy atom. The predicted molar refractivity (Wildman–Crippen MR) is 114 cm³/mol. The zero-order valence-corrected chi connectivity index (χ0v) is 16.6. The van der Waals surface area contributed by atoms with Gasteiger partial charge in [-0.25, -0.2) is 0 Å². The first kappa shape index (κ1) is 19.4. The summed E-state index contributed by atoms with van der Waals surface area (Å²) in [6.07, 6.45) is 1.67. The predicted octanol–water partition coefficient (Wildman–Crippen LogP) is 3.28. The van der Waals surface area contributed by atoms with Crippen molar-refractivity contribution >= 4 is 40.0 Å². The minimum absolute atomic E-state index is 0.00349. The molecule has 1 aliphatic rings. The molecule has 0 unspecified atom stereocenters. The van der Waals surface area contributed by atoms with E-state index in [1.54, 1.807) is 24.4 Å². The molecule has 0 spiro atoms. The number of halogens is 1. The van der Waals surface area contributed by atoms with Gasteiger partial charge >= 0.3 is 0 Å². The summed E-state index contributed by atoms with van der Waals surface area (Å²) in [6.45, 7) is 2.71. The standard InChI is InChI=1S/C22H21ClN4O2/c23-18-6-2-4-8-20(18)25-21(28)15-26-11-13-27(14-12-26)22(29)17-9-10-24-19-7-3-1-5-16(17)19/h1-10H,11-15H2,(H,25,28). The topological polar surface area (TPSA) is 65.5 Å². The molecule has 148 valence electrons. The number of carbonyl (C=O) groups is 2. The van der Waals surface area contributed by atoms with Gasteiger partial charge in [-0.1, -0.05) is 41.9 Å². The molecule has 0 radical (unpaired) electrons. The molecule has 2 heterocycles. The SMILES string of the molecule is O=C(CN1CCN(C(=O)c2ccnc3ccccc23)CC1)Nc1ccccc1Cl. The van der Waals surface area contributed by atoms with Crippen LogP contribution in [-0.4, -0.2) is 59.3 Å². The van der Waals surface area contributed by atoms with E-state index in [9.17, 15) is 9.59 Å². The summed E-state index contributed by atoms with van der Waals surface area (Å²) < 4.78 is 0. The zero-order chi connectivity index (χ0) is 20.2. The molecule has 1 aliphatic heterocycles. The molecule has 2 amide bonds.